The number of methoxy groups -OCH3 is 1. The van der Waals surface area contributed by atoms with Gasteiger partial charge in [0.15, 0.2) is 0 Å². The molecular formula is C14H10ClFIN3O. The third kappa shape index (κ3) is 2.42. The highest BCUT2D eigenvalue weighted by atomic mass is 127. The number of ether oxygens (including phenoxy) is 1. The Morgan fingerprint density at radius 1 is 1.33 bits per heavy atom. The van der Waals surface area contributed by atoms with E-state index in [2.05, 4.69) is 4.98 Å². The van der Waals surface area contributed by atoms with Gasteiger partial charge in [-0.2, -0.15) is 0 Å². The van der Waals surface area contributed by atoms with Gasteiger partial charge in [0.2, 0.25) is 5.95 Å². The number of rotatable bonds is 2. The fraction of sp³-hybridized carbons (Fsp3) is 0.0714. The molecule has 108 valence electrons. The summed E-state index contributed by atoms with van der Waals surface area (Å²) >= 11 is 8.05. The van der Waals surface area contributed by atoms with Crippen LogP contribution in [0.3, 0.4) is 0 Å². The molecule has 0 spiro atoms. The van der Waals surface area contributed by atoms with Crippen molar-refractivity contribution in [3.63, 3.8) is 0 Å². The molecule has 0 atom stereocenters. The Morgan fingerprint density at radius 2 is 2.10 bits per heavy atom. The number of anilines is 1. The Morgan fingerprint density at radius 3 is 2.76 bits per heavy atom. The Labute approximate surface area is 138 Å². The number of halogens is 3. The Kier molecular flexibility index (Phi) is 3.66. The smallest absolute Gasteiger partial charge is 0.205 e. The minimum absolute atomic E-state index is 0.271. The first-order valence-electron chi connectivity index (χ1n) is 5.98. The summed E-state index contributed by atoms with van der Waals surface area (Å²) in [5, 5.41) is 0.447. The molecule has 3 aromatic rings. The summed E-state index contributed by atoms with van der Waals surface area (Å²) in [4.78, 5) is 4.26. The predicted octanol–water partition coefficient (Wildman–Crippen LogP) is 4.01. The van der Waals surface area contributed by atoms with E-state index < -0.39 is 0 Å². The highest BCUT2D eigenvalue weighted by molar-refractivity contribution is 14.1. The third-order valence-electron chi connectivity index (χ3n) is 3.12. The maximum Gasteiger partial charge on any atom is 0.205 e. The van der Waals surface area contributed by atoms with E-state index in [0.717, 1.165) is 0 Å². The lowest BCUT2D eigenvalue weighted by Crippen LogP contribution is -2.01. The second-order valence-corrected chi connectivity index (χ2v) is 5.95. The van der Waals surface area contributed by atoms with Crippen molar-refractivity contribution in [2.45, 2.75) is 0 Å². The van der Waals surface area contributed by atoms with Gasteiger partial charge >= 0.3 is 0 Å². The van der Waals surface area contributed by atoms with Gasteiger partial charge < -0.3 is 10.5 Å². The van der Waals surface area contributed by atoms with Crippen LogP contribution in [0.25, 0.3) is 16.7 Å². The van der Waals surface area contributed by atoms with Gasteiger partial charge in [0, 0.05) is 6.07 Å². The topological polar surface area (TPSA) is 53.1 Å². The molecule has 2 N–H and O–H groups in total. The van der Waals surface area contributed by atoms with Crippen LogP contribution < -0.4 is 10.5 Å². The quantitative estimate of drug-likeness (QED) is 0.641. The molecule has 7 heteroatoms. The molecule has 0 radical (unpaired) electrons. The molecular weight excluding hydrogens is 408 g/mol. The second kappa shape index (κ2) is 5.34. The van der Waals surface area contributed by atoms with Gasteiger partial charge in [-0.1, -0.05) is 11.6 Å². The molecule has 0 fully saturated rings. The minimum Gasteiger partial charge on any atom is -0.495 e. The maximum absolute atomic E-state index is 13.8. The summed E-state index contributed by atoms with van der Waals surface area (Å²) in [5.74, 6) is 0.514. The molecule has 2 aromatic carbocycles. The molecule has 1 aromatic heterocycles. The van der Waals surface area contributed by atoms with Crippen LogP contribution in [0.15, 0.2) is 30.3 Å². The van der Waals surface area contributed by atoms with E-state index in [4.69, 9.17) is 22.1 Å². The van der Waals surface area contributed by atoms with E-state index in [1.807, 2.05) is 22.6 Å². The lowest BCUT2D eigenvalue weighted by molar-refractivity contribution is 0.415. The summed E-state index contributed by atoms with van der Waals surface area (Å²) in [6, 6.07) is 8.29. The van der Waals surface area contributed by atoms with Crippen molar-refractivity contribution in [2.75, 3.05) is 12.8 Å². The van der Waals surface area contributed by atoms with Gasteiger partial charge in [0.1, 0.15) is 11.6 Å². The van der Waals surface area contributed by atoms with Crippen molar-refractivity contribution in [1.82, 2.24) is 9.55 Å². The maximum atomic E-state index is 13.8. The number of hydrogen-bond acceptors (Lipinski definition) is 3. The normalized spacial score (nSPS) is 11.0. The number of imidazole rings is 1. The number of benzene rings is 2. The number of nitrogens with two attached hydrogens (primary N) is 1. The molecule has 0 saturated carbocycles. The van der Waals surface area contributed by atoms with Crippen molar-refractivity contribution >= 4 is 51.2 Å². The van der Waals surface area contributed by atoms with Crippen molar-refractivity contribution in [3.8, 4) is 11.4 Å². The van der Waals surface area contributed by atoms with Crippen molar-refractivity contribution in [3.05, 3.63) is 44.7 Å². The van der Waals surface area contributed by atoms with E-state index >= 15 is 0 Å². The molecule has 4 nitrogen and oxygen atoms in total. The molecule has 21 heavy (non-hydrogen) atoms. The Bertz CT molecular complexity index is 850. The van der Waals surface area contributed by atoms with Crippen LogP contribution in [-0.2, 0) is 0 Å². The summed E-state index contributed by atoms with van der Waals surface area (Å²) in [6.45, 7) is 0. The largest absolute Gasteiger partial charge is 0.495 e. The molecule has 0 aliphatic rings. The van der Waals surface area contributed by atoms with Crippen LogP contribution in [0.4, 0.5) is 10.3 Å². The zero-order valence-corrected chi connectivity index (χ0v) is 13.8. The average molecular weight is 418 g/mol. The van der Waals surface area contributed by atoms with Crippen molar-refractivity contribution < 1.29 is 9.13 Å². The summed E-state index contributed by atoms with van der Waals surface area (Å²) in [5.41, 5.74) is 7.87. The summed E-state index contributed by atoms with van der Waals surface area (Å²) in [7, 11) is 1.54. The third-order valence-corrected chi connectivity index (χ3v) is 4.24. The molecule has 0 aliphatic carbocycles. The average Bonchev–Trinajstić information content (AvgIpc) is 2.74. The molecule has 0 bridgehead atoms. The number of nitrogens with zero attached hydrogens (tertiary/aromatic N) is 2. The second-order valence-electron chi connectivity index (χ2n) is 4.38. The zero-order valence-electron chi connectivity index (χ0n) is 10.9. The van der Waals surface area contributed by atoms with E-state index in [0.29, 0.717) is 31.1 Å². The van der Waals surface area contributed by atoms with E-state index in [1.54, 1.807) is 35.9 Å². The van der Waals surface area contributed by atoms with Crippen LogP contribution in [0, 0.1) is 9.39 Å². The van der Waals surface area contributed by atoms with Gasteiger partial charge in [-0.3, -0.25) is 4.57 Å². The fourth-order valence-corrected chi connectivity index (χ4v) is 2.86. The molecule has 0 amide bonds. The SMILES string of the molecule is COc1ccc(-n2c(N)nc3cc(I)c(F)cc32)cc1Cl. The predicted molar refractivity (Wildman–Crippen MR) is 89.7 cm³/mol. The van der Waals surface area contributed by atoms with Crippen LogP contribution in [0.2, 0.25) is 5.02 Å². The Hall–Kier alpha value is -1.54. The summed E-state index contributed by atoms with van der Waals surface area (Å²) < 4.78 is 21.1. The van der Waals surface area contributed by atoms with E-state index in [1.165, 1.54) is 6.07 Å². The van der Waals surface area contributed by atoms with Crippen molar-refractivity contribution in [2.24, 2.45) is 0 Å². The lowest BCUT2D eigenvalue weighted by atomic mass is 10.2. The van der Waals surface area contributed by atoms with Gasteiger partial charge in [0.25, 0.3) is 0 Å². The van der Waals surface area contributed by atoms with Crippen LogP contribution >= 0.6 is 34.2 Å². The first-order chi connectivity index (χ1) is 10.0. The number of fused-ring (bicyclic) bond motifs is 1. The first kappa shape index (κ1) is 14.4. The molecule has 1 heterocycles. The number of aromatic nitrogens is 2. The van der Waals surface area contributed by atoms with Gasteiger partial charge in [0.05, 0.1) is 32.4 Å². The first-order valence-corrected chi connectivity index (χ1v) is 7.44. The number of hydrogen-bond donors (Lipinski definition) is 1. The molecule has 0 unspecified atom stereocenters. The van der Waals surface area contributed by atoms with E-state index in [-0.39, 0.29) is 11.8 Å². The monoisotopic (exact) mass is 417 g/mol. The van der Waals surface area contributed by atoms with E-state index in [9.17, 15) is 4.39 Å². The van der Waals surface area contributed by atoms with Crippen LogP contribution in [0.5, 0.6) is 5.75 Å². The minimum atomic E-state index is -0.316. The standard InChI is InChI=1S/C14H10ClFIN3O/c1-21-13-3-2-7(4-8(13)15)20-12-5-9(16)10(17)6-11(12)19-14(20)18/h2-6H,1H3,(H2,18,19). The molecule has 3 rings (SSSR count). The van der Waals surface area contributed by atoms with Gasteiger partial charge in [-0.25, -0.2) is 9.37 Å². The Balaban J connectivity index is 2.27. The highest BCUT2D eigenvalue weighted by Gasteiger charge is 2.14. The fourth-order valence-electron chi connectivity index (χ4n) is 2.16. The van der Waals surface area contributed by atoms with Gasteiger partial charge in [-0.05, 0) is 46.9 Å². The zero-order chi connectivity index (χ0) is 15.1. The molecule has 0 saturated heterocycles. The lowest BCUT2D eigenvalue weighted by Gasteiger charge is -2.09. The highest BCUT2D eigenvalue weighted by Crippen LogP contribution is 2.31. The van der Waals surface area contributed by atoms with Crippen LogP contribution in [-0.4, -0.2) is 16.7 Å². The van der Waals surface area contributed by atoms with Crippen molar-refractivity contribution in [1.29, 1.82) is 0 Å². The summed E-state index contributed by atoms with van der Waals surface area (Å²) in [6.07, 6.45) is 0. The molecule has 0 aliphatic heterocycles. The number of nitrogen functional groups attached to an aromatic ring is 1. The van der Waals surface area contributed by atoms with Crippen LogP contribution in [0.1, 0.15) is 0 Å². The van der Waals surface area contributed by atoms with Gasteiger partial charge in [-0.15, -0.1) is 0 Å².